The number of nitro groups is 1. The molecule has 1 rings (SSSR count). The van der Waals surface area contributed by atoms with Gasteiger partial charge in [-0.3, -0.25) is 4.57 Å². The Morgan fingerprint density at radius 2 is 2.07 bits per heavy atom. The van der Waals surface area contributed by atoms with Gasteiger partial charge in [-0.1, -0.05) is 27.8 Å². The van der Waals surface area contributed by atoms with Crippen LogP contribution in [-0.2, 0) is 27.5 Å². The monoisotopic (exact) mass is 498 g/mol. The number of hydrogen-bond donors (Lipinski definition) is 3. The van der Waals surface area contributed by atoms with Crippen LogP contribution < -0.4 is 15.5 Å². The number of alkyl carbamates (subject to hydrolysis) is 1. The maximum atomic E-state index is 12.6. The van der Waals surface area contributed by atoms with Crippen LogP contribution in [0.5, 0.6) is 0 Å². The summed E-state index contributed by atoms with van der Waals surface area (Å²) in [7, 11) is -1.60. The summed E-state index contributed by atoms with van der Waals surface area (Å²) >= 11 is 3.27. The molecule has 0 fully saturated rings. The zero-order chi connectivity index (χ0) is 21.7. The molecule has 0 aliphatic carbocycles. The predicted octanol–water partition coefficient (Wildman–Crippen LogP) is 2.44. The molecule has 166 valence electrons. The number of alkyl halides is 1. The van der Waals surface area contributed by atoms with Crippen molar-refractivity contribution in [2.45, 2.75) is 32.8 Å². The first kappa shape index (κ1) is 25.5. The van der Waals surface area contributed by atoms with Crippen LogP contribution in [0.1, 0.15) is 31.9 Å². The summed E-state index contributed by atoms with van der Waals surface area (Å²) in [6.07, 6.45) is 2.70. The van der Waals surface area contributed by atoms with Gasteiger partial charge in [0, 0.05) is 25.0 Å². The van der Waals surface area contributed by atoms with Gasteiger partial charge in [-0.15, -0.1) is 0 Å². The number of imidazole rings is 1. The summed E-state index contributed by atoms with van der Waals surface area (Å²) in [5.41, 5.74) is 0.409. The predicted molar refractivity (Wildman–Crippen MR) is 111 cm³/mol. The number of unbranched alkanes of at least 4 members (excludes halogenated alkanes) is 1. The normalized spacial score (nSPS) is 13.1. The number of carbonyl (C=O) groups is 1. The number of amides is 1. The Hall–Kier alpha value is -1.53. The Morgan fingerprint density at radius 1 is 1.34 bits per heavy atom. The standard InChI is InChI=1S/C15H28BrN6O6P/c1-3-7-19-29(26,20-9-6-16)28-10-5-4-8-17-15(23)27-12-13-11-18-14(21(13)2)22(24)25/h11H,3-10,12H2,1-2H3,(H,17,23)(H2,19,20,26). The molecule has 1 unspecified atom stereocenters. The van der Waals surface area contributed by atoms with E-state index in [0.29, 0.717) is 43.5 Å². The second-order valence-electron chi connectivity index (χ2n) is 5.97. The Bertz CT molecular complexity index is 691. The number of nitrogens with one attached hydrogen (secondary N) is 3. The second kappa shape index (κ2) is 13.6. The maximum absolute atomic E-state index is 12.6. The van der Waals surface area contributed by atoms with E-state index in [0.717, 1.165) is 6.42 Å². The second-order valence-corrected chi connectivity index (χ2v) is 8.75. The molecule has 0 bridgehead atoms. The number of hydrogen-bond acceptors (Lipinski definition) is 7. The zero-order valence-corrected chi connectivity index (χ0v) is 19.0. The molecule has 12 nitrogen and oxygen atoms in total. The van der Waals surface area contributed by atoms with E-state index in [4.69, 9.17) is 9.26 Å². The molecule has 1 aromatic heterocycles. The molecule has 0 aliphatic heterocycles. The molecule has 1 aromatic rings. The van der Waals surface area contributed by atoms with E-state index in [2.05, 4.69) is 36.4 Å². The van der Waals surface area contributed by atoms with Crippen molar-refractivity contribution in [2.75, 3.05) is 31.6 Å². The number of halogens is 1. The molecular formula is C15H28BrN6O6P. The minimum Gasteiger partial charge on any atom is -0.441 e. The van der Waals surface area contributed by atoms with E-state index in [-0.39, 0.29) is 19.2 Å². The first-order valence-electron chi connectivity index (χ1n) is 9.19. The lowest BCUT2D eigenvalue weighted by molar-refractivity contribution is -0.396. The number of carbonyl (C=O) groups excluding carboxylic acids is 1. The molecule has 1 heterocycles. The van der Waals surface area contributed by atoms with Crippen molar-refractivity contribution in [3.8, 4) is 0 Å². The van der Waals surface area contributed by atoms with Crippen LogP contribution in [0.25, 0.3) is 0 Å². The lowest BCUT2D eigenvalue weighted by Crippen LogP contribution is -2.27. The van der Waals surface area contributed by atoms with Crippen LogP contribution in [0.3, 0.4) is 0 Å². The molecule has 1 atom stereocenters. The van der Waals surface area contributed by atoms with E-state index < -0.39 is 18.7 Å². The molecule has 0 radical (unpaired) electrons. The van der Waals surface area contributed by atoms with Crippen LogP contribution in [0.2, 0.25) is 0 Å². The van der Waals surface area contributed by atoms with Gasteiger partial charge in [-0.05, 0) is 24.2 Å². The van der Waals surface area contributed by atoms with Gasteiger partial charge in [0.2, 0.25) is 0 Å². The quantitative estimate of drug-likeness (QED) is 0.109. The molecule has 0 aromatic carbocycles. The van der Waals surface area contributed by atoms with Gasteiger partial charge < -0.3 is 24.7 Å². The van der Waals surface area contributed by atoms with Crippen LogP contribution in [0.15, 0.2) is 6.20 Å². The van der Waals surface area contributed by atoms with Gasteiger partial charge in [0.15, 0.2) is 12.3 Å². The Balaban J connectivity index is 2.22. The van der Waals surface area contributed by atoms with Crippen molar-refractivity contribution in [3.05, 3.63) is 22.0 Å². The minimum absolute atomic E-state index is 0.127. The number of rotatable bonds is 15. The average Bonchev–Trinajstić information content (AvgIpc) is 3.06. The molecule has 0 saturated heterocycles. The Labute approximate surface area is 177 Å². The highest BCUT2D eigenvalue weighted by Gasteiger charge is 2.21. The van der Waals surface area contributed by atoms with Crippen molar-refractivity contribution < 1.29 is 23.5 Å². The molecular weight excluding hydrogens is 471 g/mol. The molecule has 0 saturated carbocycles. The van der Waals surface area contributed by atoms with Gasteiger partial charge in [0.25, 0.3) is 0 Å². The van der Waals surface area contributed by atoms with E-state index in [1.165, 1.54) is 17.8 Å². The third kappa shape index (κ3) is 9.68. The first-order chi connectivity index (χ1) is 13.8. The SMILES string of the molecule is CCCNP(=O)(NCCBr)OCCCCNC(=O)OCc1cnc([N+](=O)[O-])n1C. The summed E-state index contributed by atoms with van der Waals surface area (Å²) in [4.78, 5) is 25.5. The molecule has 0 aliphatic rings. The zero-order valence-electron chi connectivity index (χ0n) is 16.6. The Kier molecular flexibility index (Phi) is 12.0. The van der Waals surface area contributed by atoms with Gasteiger partial charge in [0.1, 0.15) is 6.20 Å². The lowest BCUT2D eigenvalue weighted by atomic mass is 10.3. The number of ether oxygens (including phenoxy) is 1. The van der Waals surface area contributed by atoms with Crippen molar-refractivity contribution in [2.24, 2.45) is 7.05 Å². The fraction of sp³-hybridized carbons (Fsp3) is 0.733. The van der Waals surface area contributed by atoms with E-state index >= 15 is 0 Å². The van der Waals surface area contributed by atoms with Crippen molar-refractivity contribution in [1.29, 1.82) is 0 Å². The highest BCUT2D eigenvalue weighted by Crippen LogP contribution is 2.37. The summed E-state index contributed by atoms with van der Waals surface area (Å²) in [6, 6.07) is 0. The Morgan fingerprint density at radius 3 is 2.69 bits per heavy atom. The van der Waals surface area contributed by atoms with Gasteiger partial charge in [-0.25, -0.2) is 19.5 Å². The number of aromatic nitrogens is 2. The molecule has 29 heavy (non-hydrogen) atoms. The maximum Gasteiger partial charge on any atom is 0.434 e. The summed E-state index contributed by atoms with van der Waals surface area (Å²) < 4.78 is 24.3. The third-order valence-electron chi connectivity index (χ3n) is 3.67. The lowest BCUT2D eigenvalue weighted by Gasteiger charge is -2.20. The van der Waals surface area contributed by atoms with Crippen LogP contribution >= 0.6 is 23.6 Å². The van der Waals surface area contributed by atoms with E-state index in [9.17, 15) is 19.5 Å². The fourth-order valence-corrected chi connectivity index (χ4v) is 4.24. The highest BCUT2D eigenvalue weighted by atomic mass is 79.9. The van der Waals surface area contributed by atoms with Crippen molar-refractivity contribution >= 4 is 35.6 Å². The topological polar surface area (TPSA) is 150 Å². The van der Waals surface area contributed by atoms with Crippen LogP contribution in [0.4, 0.5) is 10.7 Å². The molecule has 0 spiro atoms. The summed E-state index contributed by atoms with van der Waals surface area (Å²) in [6.45, 7) is 3.58. The summed E-state index contributed by atoms with van der Waals surface area (Å²) in [5.74, 6) is -0.319. The fourth-order valence-electron chi connectivity index (χ4n) is 2.13. The average molecular weight is 499 g/mol. The molecule has 14 heteroatoms. The van der Waals surface area contributed by atoms with Crippen molar-refractivity contribution in [3.63, 3.8) is 0 Å². The first-order valence-corrected chi connectivity index (χ1v) is 11.9. The van der Waals surface area contributed by atoms with Crippen LogP contribution in [0, 0.1) is 10.1 Å². The van der Waals surface area contributed by atoms with E-state index in [1.807, 2.05) is 6.92 Å². The van der Waals surface area contributed by atoms with Crippen LogP contribution in [-0.4, -0.2) is 52.1 Å². The van der Waals surface area contributed by atoms with Gasteiger partial charge in [0.05, 0.1) is 13.7 Å². The smallest absolute Gasteiger partial charge is 0.434 e. The minimum atomic E-state index is -3.07. The number of nitrogens with zero attached hydrogens (tertiary/aromatic N) is 3. The third-order valence-corrected chi connectivity index (χ3v) is 5.89. The largest absolute Gasteiger partial charge is 0.441 e. The molecule has 3 N–H and O–H groups in total. The van der Waals surface area contributed by atoms with Gasteiger partial charge >= 0.3 is 19.7 Å². The summed E-state index contributed by atoms with van der Waals surface area (Å²) in [5, 5.41) is 19.7. The highest BCUT2D eigenvalue weighted by molar-refractivity contribution is 9.09. The van der Waals surface area contributed by atoms with Gasteiger partial charge in [-0.2, -0.15) is 0 Å². The van der Waals surface area contributed by atoms with Crippen molar-refractivity contribution in [1.82, 2.24) is 25.0 Å². The van der Waals surface area contributed by atoms with E-state index in [1.54, 1.807) is 0 Å². The molecule has 1 amide bonds.